The largest absolute Gasteiger partial charge is 0.328 e. The molecule has 0 saturated heterocycles. The molecule has 0 radical (unpaired) electrons. The zero-order valence-corrected chi connectivity index (χ0v) is 13.3. The molecule has 4 heteroatoms. The molecule has 0 unspecified atom stereocenters. The van der Waals surface area contributed by atoms with E-state index in [9.17, 15) is 0 Å². The number of rotatable bonds is 3. The molecular formula is C17H14BrN3. The van der Waals surface area contributed by atoms with Gasteiger partial charge in [-0.25, -0.2) is 4.98 Å². The summed E-state index contributed by atoms with van der Waals surface area (Å²) in [7, 11) is 0. The van der Waals surface area contributed by atoms with E-state index >= 15 is 0 Å². The number of aryl methyl sites for hydroxylation is 1. The maximum absolute atomic E-state index is 9.00. The van der Waals surface area contributed by atoms with Crippen LogP contribution in [0.15, 0.2) is 46.9 Å². The quantitative estimate of drug-likeness (QED) is 0.714. The summed E-state index contributed by atoms with van der Waals surface area (Å²) in [6, 6.07) is 16.1. The van der Waals surface area contributed by atoms with Crippen LogP contribution in [0.1, 0.15) is 23.9 Å². The van der Waals surface area contributed by atoms with Crippen LogP contribution in [0.25, 0.3) is 11.0 Å². The number of halogens is 1. The van der Waals surface area contributed by atoms with Gasteiger partial charge in [0.1, 0.15) is 5.82 Å². The molecule has 0 spiro atoms. The first kappa shape index (κ1) is 13.8. The van der Waals surface area contributed by atoms with Gasteiger partial charge in [0.05, 0.1) is 22.7 Å². The zero-order chi connectivity index (χ0) is 14.8. The summed E-state index contributed by atoms with van der Waals surface area (Å²) in [4.78, 5) is 4.71. The van der Waals surface area contributed by atoms with E-state index < -0.39 is 0 Å². The van der Waals surface area contributed by atoms with Gasteiger partial charge in [-0.15, -0.1) is 0 Å². The molecule has 0 fully saturated rings. The molecule has 3 nitrogen and oxygen atoms in total. The second-order valence-electron chi connectivity index (χ2n) is 4.89. The molecule has 0 aliphatic heterocycles. The summed E-state index contributed by atoms with van der Waals surface area (Å²) in [5, 5.41) is 9.00. The molecule has 0 bridgehead atoms. The van der Waals surface area contributed by atoms with E-state index in [4.69, 9.17) is 10.2 Å². The van der Waals surface area contributed by atoms with E-state index in [1.807, 2.05) is 30.3 Å². The highest BCUT2D eigenvalue weighted by atomic mass is 79.9. The number of hydrogen-bond acceptors (Lipinski definition) is 2. The molecule has 3 aromatic rings. The summed E-state index contributed by atoms with van der Waals surface area (Å²) >= 11 is 3.45. The number of fused-ring (bicyclic) bond motifs is 1. The van der Waals surface area contributed by atoms with E-state index in [-0.39, 0.29) is 0 Å². The van der Waals surface area contributed by atoms with Crippen molar-refractivity contribution >= 4 is 27.0 Å². The molecular weight excluding hydrogens is 326 g/mol. The lowest BCUT2D eigenvalue weighted by atomic mass is 10.1. The highest BCUT2D eigenvalue weighted by molar-refractivity contribution is 9.10. The van der Waals surface area contributed by atoms with Crippen LogP contribution in [-0.4, -0.2) is 9.55 Å². The van der Waals surface area contributed by atoms with Crippen LogP contribution in [0.5, 0.6) is 0 Å². The van der Waals surface area contributed by atoms with Crippen molar-refractivity contribution in [3.8, 4) is 6.07 Å². The van der Waals surface area contributed by atoms with Crippen LogP contribution in [0.3, 0.4) is 0 Å². The number of hydrogen-bond donors (Lipinski definition) is 0. The first-order valence-electron chi connectivity index (χ1n) is 6.85. The lowest BCUT2D eigenvalue weighted by molar-refractivity contribution is 0.733. The number of imidazole rings is 1. The molecule has 2 aromatic carbocycles. The van der Waals surface area contributed by atoms with E-state index in [0.717, 1.165) is 34.3 Å². The Morgan fingerprint density at radius 3 is 2.62 bits per heavy atom. The fraction of sp³-hybridized carbons (Fsp3) is 0.176. The molecule has 1 heterocycles. The highest BCUT2D eigenvalue weighted by Gasteiger charge is 2.10. The van der Waals surface area contributed by atoms with Crippen LogP contribution >= 0.6 is 15.9 Å². The lowest BCUT2D eigenvalue weighted by Gasteiger charge is -2.06. The predicted molar refractivity (Wildman–Crippen MR) is 87.1 cm³/mol. The summed E-state index contributed by atoms with van der Waals surface area (Å²) in [5.74, 6) is 1.03. The summed E-state index contributed by atoms with van der Waals surface area (Å²) < 4.78 is 3.28. The first-order chi connectivity index (χ1) is 10.2. The van der Waals surface area contributed by atoms with Gasteiger partial charge in [-0.3, -0.25) is 0 Å². The Balaban J connectivity index is 2.05. The number of nitriles is 1. The van der Waals surface area contributed by atoms with Crippen LogP contribution in [0, 0.1) is 11.3 Å². The van der Waals surface area contributed by atoms with Crippen molar-refractivity contribution in [2.24, 2.45) is 0 Å². The van der Waals surface area contributed by atoms with Gasteiger partial charge in [0.25, 0.3) is 0 Å². The molecule has 0 aliphatic carbocycles. The standard InChI is InChI=1S/C17H14BrN3/c1-2-21-16-8-5-13(11-19)9-15(16)20-17(21)10-12-3-6-14(18)7-4-12/h3-9H,2,10H2,1H3. The molecule has 21 heavy (non-hydrogen) atoms. The van der Waals surface area contributed by atoms with Crippen molar-refractivity contribution in [1.29, 1.82) is 5.26 Å². The Hall–Kier alpha value is -2.12. The Bertz CT molecular complexity index is 826. The molecule has 104 valence electrons. The van der Waals surface area contributed by atoms with E-state index in [0.29, 0.717) is 5.56 Å². The maximum Gasteiger partial charge on any atom is 0.114 e. The number of nitrogens with zero attached hydrogens (tertiary/aromatic N) is 3. The smallest absolute Gasteiger partial charge is 0.114 e. The number of aromatic nitrogens is 2. The Labute approximate surface area is 132 Å². The first-order valence-corrected chi connectivity index (χ1v) is 7.64. The van der Waals surface area contributed by atoms with Gasteiger partial charge in [-0.2, -0.15) is 5.26 Å². The Morgan fingerprint density at radius 1 is 1.19 bits per heavy atom. The second-order valence-corrected chi connectivity index (χ2v) is 5.81. The predicted octanol–water partition coefficient (Wildman–Crippen LogP) is 4.28. The molecule has 3 rings (SSSR count). The lowest BCUT2D eigenvalue weighted by Crippen LogP contribution is -2.02. The van der Waals surface area contributed by atoms with Crippen molar-refractivity contribution < 1.29 is 0 Å². The average Bonchev–Trinajstić information content (AvgIpc) is 2.85. The Kier molecular flexibility index (Phi) is 3.76. The zero-order valence-electron chi connectivity index (χ0n) is 11.7. The summed E-state index contributed by atoms with van der Waals surface area (Å²) in [6.07, 6.45) is 0.789. The van der Waals surface area contributed by atoms with Crippen LogP contribution < -0.4 is 0 Å². The van der Waals surface area contributed by atoms with Crippen LogP contribution in [-0.2, 0) is 13.0 Å². The minimum absolute atomic E-state index is 0.651. The molecule has 1 aromatic heterocycles. The minimum atomic E-state index is 0.651. The van der Waals surface area contributed by atoms with E-state index in [1.165, 1.54) is 5.56 Å². The maximum atomic E-state index is 9.00. The normalized spacial score (nSPS) is 10.7. The van der Waals surface area contributed by atoms with Crippen molar-refractivity contribution in [3.63, 3.8) is 0 Å². The molecule has 0 aliphatic rings. The average molecular weight is 340 g/mol. The molecule has 0 N–H and O–H groups in total. The second kappa shape index (κ2) is 5.71. The molecule has 0 saturated carbocycles. The van der Waals surface area contributed by atoms with Gasteiger partial charge in [0.15, 0.2) is 0 Å². The van der Waals surface area contributed by atoms with Gasteiger partial charge in [-0.05, 0) is 42.8 Å². The van der Waals surface area contributed by atoms with Crippen molar-refractivity contribution in [3.05, 3.63) is 63.9 Å². The van der Waals surface area contributed by atoms with E-state index in [1.54, 1.807) is 0 Å². The van der Waals surface area contributed by atoms with Crippen molar-refractivity contribution in [2.45, 2.75) is 19.9 Å². The van der Waals surface area contributed by atoms with Gasteiger partial charge in [0, 0.05) is 17.4 Å². The van der Waals surface area contributed by atoms with Gasteiger partial charge in [0.2, 0.25) is 0 Å². The fourth-order valence-electron chi connectivity index (χ4n) is 2.52. The third-order valence-corrected chi connectivity index (χ3v) is 4.08. The monoisotopic (exact) mass is 339 g/mol. The van der Waals surface area contributed by atoms with Gasteiger partial charge < -0.3 is 4.57 Å². The minimum Gasteiger partial charge on any atom is -0.328 e. The van der Waals surface area contributed by atoms with Crippen LogP contribution in [0.4, 0.5) is 0 Å². The van der Waals surface area contributed by atoms with Gasteiger partial charge >= 0.3 is 0 Å². The Morgan fingerprint density at radius 2 is 1.95 bits per heavy atom. The molecule has 0 amide bonds. The fourth-order valence-corrected chi connectivity index (χ4v) is 2.79. The summed E-state index contributed by atoms with van der Waals surface area (Å²) in [5.41, 5.74) is 3.86. The van der Waals surface area contributed by atoms with Crippen molar-refractivity contribution in [1.82, 2.24) is 9.55 Å². The van der Waals surface area contributed by atoms with E-state index in [2.05, 4.69) is 45.6 Å². The third-order valence-electron chi connectivity index (χ3n) is 3.55. The SMILES string of the molecule is CCn1c(Cc2ccc(Br)cc2)nc2cc(C#N)ccc21. The van der Waals surface area contributed by atoms with Gasteiger partial charge in [-0.1, -0.05) is 28.1 Å². The number of benzene rings is 2. The topological polar surface area (TPSA) is 41.6 Å². The van der Waals surface area contributed by atoms with Crippen LogP contribution in [0.2, 0.25) is 0 Å². The summed E-state index contributed by atoms with van der Waals surface area (Å²) in [6.45, 7) is 2.98. The third kappa shape index (κ3) is 2.70. The molecule has 0 atom stereocenters. The van der Waals surface area contributed by atoms with Crippen molar-refractivity contribution in [2.75, 3.05) is 0 Å². The highest BCUT2D eigenvalue weighted by Crippen LogP contribution is 2.20.